The summed E-state index contributed by atoms with van der Waals surface area (Å²) in [5.74, 6) is 0. The van der Waals surface area contributed by atoms with Gasteiger partial charge in [-0.05, 0) is 65.2 Å². The Kier molecular flexibility index (Phi) is 5.46. The molecule has 2 aliphatic heterocycles. The molecule has 118 valence electrons. The molecule has 2 rings (SSSR count). The Morgan fingerprint density at radius 2 is 1.85 bits per heavy atom. The summed E-state index contributed by atoms with van der Waals surface area (Å²) < 4.78 is 5.77. The molecule has 0 aromatic heterocycles. The first kappa shape index (κ1) is 16.2. The fraction of sp³-hybridized carbons (Fsp3) is 1.00. The summed E-state index contributed by atoms with van der Waals surface area (Å²) in [6.07, 6.45) is 6.10. The molecule has 0 aromatic rings. The molecule has 4 nitrogen and oxygen atoms in total. The molecule has 4 heteroatoms. The number of hydrogen-bond acceptors (Lipinski definition) is 4. The molecule has 2 aliphatic rings. The van der Waals surface area contributed by atoms with Gasteiger partial charge in [-0.25, -0.2) is 0 Å². The van der Waals surface area contributed by atoms with Gasteiger partial charge in [-0.1, -0.05) is 6.92 Å². The van der Waals surface area contributed by atoms with E-state index in [9.17, 15) is 0 Å². The zero-order chi connectivity index (χ0) is 14.6. The maximum absolute atomic E-state index is 6.25. The van der Waals surface area contributed by atoms with Crippen LogP contribution >= 0.6 is 0 Å². The summed E-state index contributed by atoms with van der Waals surface area (Å²) in [6.45, 7) is 11.1. The molecule has 0 saturated carbocycles. The van der Waals surface area contributed by atoms with E-state index in [-0.39, 0.29) is 11.1 Å². The molecule has 2 N–H and O–H groups in total. The van der Waals surface area contributed by atoms with Crippen molar-refractivity contribution in [3.8, 4) is 0 Å². The standard InChI is InChI=1S/C16H33N3O/c1-4-18-10-6-8-16(13-17,9-12-18)19-11-5-7-15(2,14-19)20-3/h4-14,17H2,1-3H3. The van der Waals surface area contributed by atoms with Crippen LogP contribution in [-0.4, -0.2) is 67.3 Å². The van der Waals surface area contributed by atoms with E-state index in [1.165, 1.54) is 51.7 Å². The Balaban J connectivity index is 2.09. The predicted molar refractivity (Wildman–Crippen MR) is 84.0 cm³/mol. The van der Waals surface area contributed by atoms with E-state index in [0.29, 0.717) is 0 Å². The van der Waals surface area contributed by atoms with Gasteiger partial charge in [-0.2, -0.15) is 0 Å². The van der Waals surface area contributed by atoms with Gasteiger partial charge in [0.2, 0.25) is 0 Å². The minimum Gasteiger partial charge on any atom is -0.377 e. The third-order valence-corrected chi connectivity index (χ3v) is 5.66. The highest BCUT2D eigenvalue weighted by Crippen LogP contribution is 2.34. The number of likely N-dealkylation sites (tertiary alicyclic amines) is 2. The van der Waals surface area contributed by atoms with Gasteiger partial charge in [0.05, 0.1) is 5.60 Å². The van der Waals surface area contributed by atoms with Crippen LogP contribution in [0.4, 0.5) is 0 Å². The van der Waals surface area contributed by atoms with Crippen LogP contribution in [-0.2, 0) is 4.74 Å². The first-order valence-electron chi connectivity index (χ1n) is 8.30. The second-order valence-corrected chi connectivity index (χ2v) is 6.90. The van der Waals surface area contributed by atoms with Crippen molar-refractivity contribution in [2.75, 3.05) is 46.4 Å². The molecule has 20 heavy (non-hydrogen) atoms. The van der Waals surface area contributed by atoms with Crippen molar-refractivity contribution in [2.24, 2.45) is 5.73 Å². The first-order valence-corrected chi connectivity index (χ1v) is 8.30. The molecule has 0 radical (unpaired) electrons. The van der Waals surface area contributed by atoms with Gasteiger partial charge >= 0.3 is 0 Å². The van der Waals surface area contributed by atoms with E-state index >= 15 is 0 Å². The molecule has 2 heterocycles. The van der Waals surface area contributed by atoms with E-state index < -0.39 is 0 Å². The van der Waals surface area contributed by atoms with Crippen molar-refractivity contribution in [1.82, 2.24) is 9.80 Å². The highest BCUT2D eigenvalue weighted by atomic mass is 16.5. The van der Waals surface area contributed by atoms with Crippen molar-refractivity contribution in [3.63, 3.8) is 0 Å². The number of piperidine rings is 1. The summed E-state index contributed by atoms with van der Waals surface area (Å²) in [6, 6.07) is 0. The summed E-state index contributed by atoms with van der Waals surface area (Å²) in [5.41, 5.74) is 6.46. The quantitative estimate of drug-likeness (QED) is 0.852. The summed E-state index contributed by atoms with van der Waals surface area (Å²) >= 11 is 0. The Labute approximate surface area is 124 Å². The summed E-state index contributed by atoms with van der Waals surface area (Å²) in [5, 5.41) is 0. The fourth-order valence-electron chi connectivity index (χ4n) is 3.98. The second kappa shape index (κ2) is 6.73. The minimum atomic E-state index is 0.0111. The molecule has 0 amide bonds. The number of rotatable bonds is 4. The van der Waals surface area contributed by atoms with Crippen molar-refractivity contribution in [1.29, 1.82) is 0 Å². The minimum absolute atomic E-state index is 0.0111. The van der Waals surface area contributed by atoms with Gasteiger partial charge in [0.15, 0.2) is 0 Å². The summed E-state index contributed by atoms with van der Waals surface area (Å²) in [7, 11) is 1.85. The third-order valence-electron chi connectivity index (χ3n) is 5.66. The molecule has 0 bridgehead atoms. The van der Waals surface area contributed by atoms with Gasteiger partial charge in [0.25, 0.3) is 0 Å². The number of hydrogen-bond donors (Lipinski definition) is 1. The lowest BCUT2D eigenvalue weighted by atomic mass is 9.83. The Morgan fingerprint density at radius 1 is 1.10 bits per heavy atom. The topological polar surface area (TPSA) is 41.7 Å². The van der Waals surface area contributed by atoms with Crippen LogP contribution in [0, 0.1) is 0 Å². The lowest BCUT2D eigenvalue weighted by Crippen LogP contribution is -2.61. The molecular formula is C16H33N3O. The monoisotopic (exact) mass is 283 g/mol. The second-order valence-electron chi connectivity index (χ2n) is 6.90. The molecule has 0 aromatic carbocycles. The molecule has 2 saturated heterocycles. The van der Waals surface area contributed by atoms with E-state index in [4.69, 9.17) is 10.5 Å². The predicted octanol–water partition coefficient (Wildman–Crippen LogP) is 1.69. The summed E-state index contributed by atoms with van der Waals surface area (Å²) in [4.78, 5) is 5.22. The first-order chi connectivity index (χ1) is 9.57. The number of methoxy groups -OCH3 is 1. The number of nitrogens with two attached hydrogens (primary N) is 1. The zero-order valence-corrected chi connectivity index (χ0v) is 13.7. The largest absolute Gasteiger partial charge is 0.377 e. The van der Waals surface area contributed by atoms with Crippen LogP contribution in [0.5, 0.6) is 0 Å². The maximum Gasteiger partial charge on any atom is 0.0777 e. The molecule has 2 fully saturated rings. The third kappa shape index (κ3) is 3.35. The fourth-order valence-corrected chi connectivity index (χ4v) is 3.98. The van der Waals surface area contributed by atoms with Crippen molar-refractivity contribution < 1.29 is 4.74 Å². The van der Waals surface area contributed by atoms with E-state index in [2.05, 4.69) is 23.6 Å². The number of ether oxygens (including phenoxy) is 1. The average molecular weight is 283 g/mol. The van der Waals surface area contributed by atoms with Gasteiger partial charge in [-0.15, -0.1) is 0 Å². The van der Waals surface area contributed by atoms with Gasteiger partial charge < -0.3 is 15.4 Å². The van der Waals surface area contributed by atoms with Crippen LogP contribution in [0.25, 0.3) is 0 Å². The SMILES string of the molecule is CCN1CCCC(CN)(N2CCCC(C)(OC)C2)CC1. The average Bonchev–Trinajstić information content (AvgIpc) is 2.70. The molecule has 2 atom stereocenters. The maximum atomic E-state index is 6.25. The number of nitrogens with zero attached hydrogens (tertiary/aromatic N) is 2. The highest BCUT2D eigenvalue weighted by molar-refractivity contribution is 4.99. The van der Waals surface area contributed by atoms with Crippen LogP contribution in [0.2, 0.25) is 0 Å². The van der Waals surface area contributed by atoms with E-state index in [1.807, 2.05) is 7.11 Å². The Morgan fingerprint density at radius 3 is 2.50 bits per heavy atom. The lowest BCUT2D eigenvalue weighted by molar-refractivity contribution is -0.0828. The van der Waals surface area contributed by atoms with E-state index in [0.717, 1.165) is 19.6 Å². The molecule has 0 aliphatic carbocycles. The van der Waals surface area contributed by atoms with Crippen molar-refractivity contribution >= 4 is 0 Å². The van der Waals surface area contributed by atoms with Gasteiger partial charge in [0.1, 0.15) is 0 Å². The van der Waals surface area contributed by atoms with Crippen LogP contribution in [0.15, 0.2) is 0 Å². The Bertz CT molecular complexity index is 312. The molecule has 0 spiro atoms. The zero-order valence-electron chi connectivity index (χ0n) is 13.7. The molecular weight excluding hydrogens is 250 g/mol. The highest BCUT2D eigenvalue weighted by Gasteiger charge is 2.42. The van der Waals surface area contributed by atoms with Crippen LogP contribution < -0.4 is 5.73 Å². The van der Waals surface area contributed by atoms with E-state index in [1.54, 1.807) is 0 Å². The van der Waals surface area contributed by atoms with Crippen LogP contribution in [0.1, 0.15) is 46.0 Å². The molecule has 2 unspecified atom stereocenters. The van der Waals surface area contributed by atoms with Crippen LogP contribution in [0.3, 0.4) is 0 Å². The lowest BCUT2D eigenvalue weighted by Gasteiger charge is -2.50. The Hall–Kier alpha value is -0.160. The smallest absolute Gasteiger partial charge is 0.0777 e. The normalized spacial score (nSPS) is 37.8. The van der Waals surface area contributed by atoms with Gasteiger partial charge in [-0.3, -0.25) is 4.90 Å². The van der Waals surface area contributed by atoms with Gasteiger partial charge in [0, 0.05) is 25.7 Å². The van der Waals surface area contributed by atoms with Crippen molar-refractivity contribution in [2.45, 2.75) is 57.1 Å². The van der Waals surface area contributed by atoms with Crippen molar-refractivity contribution in [3.05, 3.63) is 0 Å².